The van der Waals surface area contributed by atoms with E-state index in [1.807, 2.05) is 0 Å². The molecule has 21 heavy (non-hydrogen) atoms. The topological polar surface area (TPSA) is 102 Å². The first-order chi connectivity index (χ1) is 10.0. The van der Waals surface area contributed by atoms with Crippen LogP contribution >= 0.6 is 0 Å². The number of rotatable bonds is 5. The van der Waals surface area contributed by atoms with Gasteiger partial charge in [-0.2, -0.15) is 5.26 Å². The Morgan fingerprint density at radius 3 is 2.10 bits per heavy atom. The quantitative estimate of drug-likeness (QED) is 0.866. The third-order valence-corrected chi connectivity index (χ3v) is 3.01. The second-order valence-electron chi connectivity index (χ2n) is 4.43. The van der Waals surface area contributed by atoms with Crippen molar-refractivity contribution in [3.63, 3.8) is 0 Å². The summed E-state index contributed by atoms with van der Waals surface area (Å²) in [6, 6.07) is 12.2. The van der Waals surface area contributed by atoms with E-state index in [0.29, 0.717) is 22.0 Å². The number of benzene rings is 2. The molecule has 0 heterocycles. The minimum absolute atomic E-state index is 0.428. The molecule has 2 N–H and O–H groups in total. The molecular weight excluding hydrogens is 272 g/mol. The monoisotopic (exact) mass is 284 g/mol. The fourth-order valence-electron chi connectivity index (χ4n) is 2.21. The van der Waals surface area contributed by atoms with Crippen molar-refractivity contribution < 1.29 is 19.8 Å². The predicted molar refractivity (Wildman–Crippen MR) is 76.1 cm³/mol. The summed E-state index contributed by atoms with van der Waals surface area (Å²) in [6.45, 7) is -0.857. The molecule has 106 valence electrons. The number of hydrogen-bond acceptors (Lipinski definition) is 4. The van der Waals surface area contributed by atoms with Gasteiger partial charge in [-0.15, -0.1) is 0 Å². The average Bonchev–Trinajstić information content (AvgIpc) is 2.44. The number of anilines is 1. The standard InChI is InChI=1S/C15H12N2O4/c16-7-10-5-6-13(12-4-2-1-3-11(10)12)17(8-14(18)19)9-15(20)21/h1-6H,8-9H2,(H,18,19)(H,20,21). The lowest BCUT2D eigenvalue weighted by molar-refractivity contribution is -0.136. The molecule has 0 bridgehead atoms. The van der Waals surface area contributed by atoms with Gasteiger partial charge in [0.1, 0.15) is 13.1 Å². The first-order valence-electron chi connectivity index (χ1n) is 6.13. The van der Waals surface area contributed by atoms with Crippen LogP contribution in [0.4, 0.5) is 5.69 Å². The van der Waals surface area contributed by atoms with E-state index in [9.17, 15) is 9.59 Å². The lowest BCUT2D eigenvalue weighted by atomic mass is 10.0. The van der Waals surface area contributed by atoms with E-state index in [1.165, 1.54) is 4.90 Å². The maximum absolute atomic E-state index is 10.9. The van der Waals surface area contributed by atoms with Crippen LogP contribution in [0.15, 0.2) is 36.4 Å². The van der Waals surface area contributed by atoms with Crippen LogP contribution in [-0.4, -0.2) is 35.2 Å². The number of fused-ring (bicyclic) bond motifs is 1. The highest BCUT2D eigenvalue weighted by molar-refractivity contribution is 5.99. The first kappa shape index (κ1) is 14.3. The predicted octanol–water partition coefficient (Wildman–Crippen LogP) is 1.69. The molecule has 0 saturated heterocycles. The third kappa shape index (κ3) is 3.09. The Bertz CT molecular complexity index is 733. The van der Waals surface area contributed by atoms with Crippen molar-refractivity contribution in [2.75, 3.05) is 18.0 Å². The second-order valence-corrected chi connectivity index (χ2v) is 4.43. The van der Waals surface area contributed by atoms with E-state index in [2.05, 4.69) is 6.07 Å². The lowest BCUT2D eigenvalue weighted by Crippen LogP contribution is -2.34. The highest BCUT2D eigenvalue weighted by atomic mass is 16.4. The maximum atomic E-state index is 10.9. The molecule has 6 heteroatoms. The molecule has 2 rings (SSSR count). The number of carboxylic acids is 2. The van der Waals surface area contributed by atoms with Crippen molar-refractivity contribution in [2.45, 2.75) is 0 Å². The van der Waals surface area contributed by atoms with Crippen LogP contribution in [0.3, 0.4) is 0 Å². The molecule has 0 spiro atoms. The summed E-state index contributed by atoms with van der Waals surface area (Å²) in [7, 11) is 0. The number of aliphatic carboxylic acids is 2. The van der Waals surface area contributed by atoms with Gasteiger partial charge in [0.15, 0.2) is 0 Å². The van der Waals surface area contributed by atoms with Crippen LogP contribution in [-0.2, 0) is 9.59 Å². The zero-order chi connectivity index (χ0) is 15.4. The van der Waals surface area contributed by atoms with Gasteiger partial charge in [-0.05, 0) is 12.1 Å². The van der Waals surface area contributed by atoms with Gasteiger partial charge in [0.25, 0.3) is 0 Å². The summed E-state index contributed by atoms with van der Waals surface area (Å²) in [5.41, 5.74) is 0.939. The van der Waals surface area contributed by atoms with Gasteiger partial charge < -0.3 is 15.1 Å². The van der Waals surface area contributed by atoms with Gasteiger partial charge in [0, 0.05) is 16.5 Å². The molecule has 2 aromatic rings. The Morgan fingerprint density at radius 2 is 1.57 bits per heavy atom. The van der Waals surface area contributed by atoms with Gasteiger partial charge in [0.2, 0.25) is 0 Å². The van der Waals surface area contributed by atoms with Crippen molar-refractivity contribution in [1.82, 2.24) is 0 Å². The molecular formula is C15H12N2O4. The van der Waals surface area contributed by atoms with E-state index >= 15 is 0 Å². The molecule has 2 aromatic carbocycles. The van der Waals surface area contributed by atoms with Crippen molar-refractivity contribution in [3.8, 4) is 6.07 Å². The van der Waals surface area contributed by atoms with E-state index in [-0.39, 0.29) is 0 Å². The van der Waals surface area contributed by atoms with Crippen molar-refractivity contribution in [3.05, 3.63) is 42.0 Å². The van der Waals surface area contributed by atoms with Crippen LogP contribution in [0.2, 0.25) is 0 Å². The highest BCUT2D eigenvalue weighted by Crippen LogP contribution is 2.29. The highest BCUT2D eigenvalue weighted by Gasteiger charge is 2.17. The number of nitriles is 1. The minimum atomic E-state index is -1.12. The summed E-state index contributed by atoms with van der Waals surface area (Å²) in [4.78, 5) is 23.1. The zero-order valence-electron chi connectivity index (χ0n) is 11.0. The molecule has 0 saturated carbocycles. The van der Waals surface area contributed by atoms with E-state index in [0.717, 1.165) is 0 Å². The third-order valence-electron chi connectivity index (χ3n) is 3.01. The molecule has 0 aliphatic carbocycles. The second kappa shape index (κ2) is 5.92. The van der Waals surface area contributed by atoms with E-state index < -0.39 is 25.0 Å². The van der Waals surface area contributed by atoms with E-state index in [4.69, 9.17) is 15.5 Å². The maximum Gasteiger partial charge on any atom is 0.323 e. The fraction of sp³-hybridized carbons (Fsp3) is 0.133. The number of carbonyl (C=O) groups is 2. The van der Waals surface area contributed by atoms with Crippen LogP contribution in [0.1, 0.15) is 5.56 Å². The fourth-order valence-corrected chi connectivity index (χ4v) is 2.21. The molecule has 0 fully saturated rings. The van der Waals surface area contributed by atoms with Crippen LogP contribution in [0.25, 0.3) is 10.8 Å². The van der Waals surface area contributed by atoms with Crippen LogP contribution in [0, 0.1) is 11.3 Å². The average molecular weight is 284 g/mol. The first-order valence-corrected chi connectivity index (χ1v) is 6.13. The van der Waals surface area contributed by atoms with Crippen LogP contribution < -0.4 is 4.90 Å². The van der Waals surface area contributed by atoms with Crippen LogP contribution in [0.5, 0.6) is 0 Å². The Morgan fingerprint density at radius 1 is 1.00 bits per heavy atom. The van der Waals surface area contributed by atoms with Gasteiger partial charge in [-0.1, -0.05) is 24.3 Å². The van der Waals surface area contributed by atoms with Crippen molar-refractivity contribution in [2.24, 2.45) is 0 Å². The van der Waals surface area contributed by atoms with Gasteiger partial charge in [0.05, 0.1) is 11.6 Å². The normalized spacial score (nSPS) is 10.0. The number of hydrogen-bond donors (Lipinski definition) is 2. The minimum Gasteiger partial charge on any atom is -0.480 e. The Labute approximate surface area is 120 Å². The number of carboxylic acid groups (broad SMARTS) is 2. The molecule has 0 unspecified atom stereocenters. The zero-order valence-corrected chi connectivity index (χ0v) is 11.0. The largest absolute Gasteiger partial charge is 0.480 e. The number of nitrogens with zero attached hydrogens (tertiary/aromatic N) is 2. The summed E-state index contributed by atoms with van der Waals surface area (Å²) >= 11 is 0. The Kier molecular flexibility index (Phi) is 4.05. The smallest absolute Gasteiger partial charge is 0.323 e. The van der Waals surface area contributed by atoms with E-state index in [1.54, 1.807) is 36.4 Å². The summed E-state index contributed by atoms with van der Waals surface area (Å²) in [6.07, 6.45) is 0. The molecule has 6 nitrogen and oxygen atoms in total. The molecule has 0 aromatic heterocycles. The molecule has 0 atom stereocenters. The van der Waals surface area contributed by atoms with Gasteiger partial charge >= 0.3 is 11.9 Å². The summed E-state index contributed by atoms with van der Waals surface area (Å²) in [5, 5.41) is 28.3. The SMILES string of the molecule is N#Cc1ccc(N(CC(=O)O)CC(=O)O)c2ccccc12. The Balaban J connectivity index is 2.60. The molecule has 0 amide bonds. The summed E-state index contributed by atoms with van der Waals surface area (Å²) in [5.74, 6) is -2.24. The molecule has 0 aliphatic rings. The van der Waals surface area contributed by atoms with Crippen molar-refractivity contribution >= 4 is 28.4 Å². The van der Waals surface area contributed by atoms with Crippen molar-refractivity contribution in [1.29, 1.82) is 5.26 Å². The molecule has 0 radical (unpaired) electrons. The lowest BCUT2D eigenvalue weighted by Gasteiger charge is -2.22. The van der Waals surface area contributed by atoms with Gasteiger partial charge in [-0.3, -0.25) is 9.59 Å². The molecule has 0 aliphatic heterocycles. The Hall–Kier alpha value is -3.07. The summed E-state index contributed by atoms with van der Waals surface area (Å²) < 4.78 is 0. The van der Waals surface area contributed by atoms with Gasteiger partial charge in [-0.25, -0.2) is 0 Å².